The molecule has 0 aliphatic carbocycles. The Kier molecular flexibility index (Phi) is 7.30. The number of allylic oxidation sites excluding steroid dienone is 1. The van der Waals surface area contributed by atoms with E-state index in [9.17, 15) is 9.59 Å². The second-order valence-corrected chi connectivity index (χ2v) is 2.67. The zero-order chi connectivity index (χ0) is 9.23. The highest BCUT2D eigenvalue weighted by Gasteiger charge is 1.95. The predicted molar refractivity (Wildman–Crippen MR) is 45.6 cm³/mol. The van der Waals surface area contributed by atoms with Crippen molar-refractivity contribution >= 4 is 11.9 Å². The van der Waals surface area contributed by atoms with Crippen molar-refractivity contribution in [1.29, 1.82) is 0 Å². The van der Waals surface area contributed by atoms with Crippen molar-refractivity contribution in [2.24, 2.45) is 0 Å². The summed E-state index contributed by atoms with van der Waals surface area (Å²) in [5.41, 5.74) is 0. The first-order valence-electron chi connectivity index (χ1n) is 4.18. The van der Waals surface area contributed by atoms with Gasteiger partial charge in [0.05, 0.1) is 0 Å². The lowest BCUT2D eigenvalue weighted by Crippen LogP contribution is -1.93. The number of aliphatic carboxylic acids is 1. The number of hydrogen-bond acceptors (Lipinski definition) is 2. The zero-order valence-electron chi connectivity index (χ0n) is 7.08. The van der Waals surface area contributed by atoms with Crippen molar-refractivity contribution < 1.29 is 14.7 Å². The van der Waals surface area contributed by atoms with Crippen molar-refractivity contribution in [3.05, 3.63) is 6.08 Å². The van der Waals surface area contributed by atoms with E-state index in [4.69, 9.17) is 5.11 Å². The minimum atomic E-state index is -0.734. The molecule has 0 heterocycles. The average Bonchev–Trinajstić information content (AvgIpc) is 2.02. The molecule has 0 fully saturated rings. The molecule has 12 heavy (non-hydrogen) atoms. The van der Waals surface area contributed by atoms with E-state index in [-0.39, 0.29) is 6.42 Å². The number of hydrogen-bond donors (Lipinski definition) is 1. The molecule has 0 saturated heterocycles. The minimum Gasteiger partial charge on any atom is -0.481 e. The highest BCUT2D eigenvalue weighted by molar-refractivity contribution is 5.66. The number of carboxylic acid groups (broad SMARTS) is 1. The van der Waals surface area contributed by atoms with Crippen LogP contribution in [-0.2, 0) is 9.59 Å². The van der Waals surface area contributed by atoms with Gasteiger partial charge in [-0.25, -0.2) is 4.79 Å². The van der Waals surface area contributed by atoms with Gasteiger partial charge in [0, 0.05) is 6.42 Å². The lowest BCUT2D eigenvalue weighted by Gasteiger charge is -1.95. The first-order chi connectivity index (χ1) is 5.77. The predicted octanol–water partition coefficient (Wildman–Crippen LogP) is 1.80. The summed E-state index contributed by atoms with van der Waals surface area (Å²) in [6, 6.07) is 0. The van der Waals surface area contributed by atoms with E-state index in [0.29, 0.717) is 0 Å². The lowest BCUT2D eigenvalue weighted by atomic mass is 10.1. The maximum Gasteiger partial charge on any atom is 0.303 e. The third-order valence-electron chi connectivity index (χ3n) is 1.57. The third kappa shape index (κ3) is 8.92. The van der Waals surface area contributed by atoms with Crippen molar-refractivity contribution in [3.8, 4) is 0 Å². The van der Waals surface area contributed by atoms with Crippen LogP contribution in [0.1, 0.15) is 38.5 Å². The first kappa shape index (κ1) is 10.9. The molecule has 0 radical (unpaired) electrons. The van der Waals surface area contributed by atoms with Crippen LogP contribution < -0.4 is 0 Å². The zero-order valence-corrected chi connectivity index (χ0v) is 7.08. The van der Waals surface area contributed by atoms with Gasteiger partial charge in [0.1, 0.15) is 5.94 Å². The Bertz CT molecular complexity index is 163. The molecule has 0 rings (SSSR count). The van der Waals surface area contributed by atoms with Gasteiger partial charge in [0.15, 0.2) is 0 Å². The number of carbonyl (C=O) groups is 1. The van der Waals surface area contributed by atoms with Crippen molar-refractivity contribution in [2.45, 2.75) is 38.5 Å². The van der Waals surface area contributed by atoms with E-state index in [1.54, 1.807) is 5.94 Å². The monoisotopic (exact) mass is 170 g/mol. The highest BCUT2D eigenvalue weighted by atomic mass is 16.4. The first-order valence-corrected chi connectivity index (χ1v) is 4.18. The van der Waals surface area contributed by atoms with E-state index in [0.717, 1.165) is 32.1 Å². The van der Waals surface area contributed by atoms with Crippen LogP contribution in [0.15, 0.2) is 6.08 Å². The quantitative estimate of drug-likeness (QED) is 0.468. The summed E-state index contributed by atoms with van der Waals surface area (Å²) in [6.45, 7) is 0. The Balaban J connectivity index is 3.00. The summed E-state index contributed by atoms with van der Waals surface area (Å²) in [6.07, 6.45) is 6.09. The molecule has 3 heteroatoms. The van der Waals surface area contributed by atoms with Crippen molar-refractivity contribution in [3.63, 3.8) is 0 Å². The van der Waals surface area contributed by atoms with Gasteiger partial charge in [-0.2, -0.15) is 0 Å². The summed E-state index contributed by atoms with van der Waals surface area (Å²) >= 11 is 0. The molecule has 0 unspecified atom stereocenters. The van der Waals surface area contributed by atoms with E-state index in [1.807, 2.05) is 0 Å². The van der Waals surface area contributed by atoms with Crippen LogP contribution in [0, 0.1) is 0 Å². The lowest BCUT2D eigenvalue weighted by molar-refractivity contribution is -0.137. The van der Waals surface area contributed by atoms with Gasteiger partial charge in [0.25, 0.3) is 0 Å². The molecule has 0 aromatic rings. The molecule has 3 nitrogen and oxygen atoms in total. The summed E-state index contributed by atoms with van der Waals surface area (Å²) in [4.78, 5) is 19.8. The van der Waals surface area contributed by atoms with Crippen LogP contribution in [0.2, 0.25) is 0 Å². The van der Waals surface area contributed by atoms with Crippen molar-refractivity contribution in [1.82, 2.24) is 0 Å². The van der Waals surface area contributed by atoms with Crippen molar-refractivity contribution in [2.75, 3.05) is 0 Å². The third-order valence-corrected chi connectivity index (χ3v) is 1.57. The molecule has 0 aromatic heterocycles. The van der Waals surface area contributed by atoms with Crippen LogP contribution in [-0.4, -0.2) is 17.0 Å². The fourth-order valence-corrected chi connectivity index (χ4v) is 0.935. The maximum atomic E-state index is 10.1. The number of carboxylic acids is 1. The molecule has 68 valence electrons. The molecule has 0 amide bonds. The topological polar surface area (TPSA) is 54.4 Å². The molecular formula is C9H14O3. The molecule has 0 spiro atoms. The Labute approximate surface area is 72.1 Å². The van der Waals surface area contributed by atoms with Crippen LogP contribution in [0.25, 0.3) is 0 Å². The summed E-state index contributed by atoms with van der Waals surface area (Å²) < 4.78 is 0. The van der Waals surface area contributed by atoms with E-state index in [2.05, 4.69) is 0 Å². The minimum absolute atomic E-state index is 0.253. The molecular weight excluding hydrogens is 156 g/mol. The largest absolute Gasteiger partial charge is 0.481 e. The van der Waals surface area contributed by atoms with Gasteiger partial charge in [0.2, 0.25) is 0 Å². The second-order valence-electron chi connectivity index (χ2n) is 2.67. The molecule has 0 aliphatic heterocycles. The fraction of sp³-hybridized carbons (Fsp3) is 0.667. The van der Waals surface area contributed by atoms with Crippen LogP contribution in [0.3, 0.4) is 0 Å². The molecule has 0 saturated carbocycles. The van der Waals surface area contributed by atoms with Gasteiger partial charge in [-0.05, 0) is 25.3 Å². The second kappa shape index (κ2) is 8.02. The fourth-order valence-electron chi connectivity index (χ4n) is 0.935. The van der Waals surface area contributed by atoms with E-state index < -0.39 is 5.97 Å². The molecule has 0 aromatic carbocycles. The van der Waals surface area contributed by atoms with Gasteiger partial charge >= 0.3 is 5.97 Å². The maximum absolute atomic E-state index is 10.1. The van der Waals surface area contributed by atoms with Gasteiger partial charge < -0.3 is 5.11 Å². The van der Waals surface area contributed by atoms with Crippen LogP contribution in [0.5, 0.6) is 0 Å². The summed E-state index contributed by atoms with van der Waals surface area (Å²) in [5.74, 6) is 0.974. The number of rotatable bonds is 7. The standard InChI is InChI=1S/C9H14O3/c10-8-6-4-2-1-3-5-7-9(11)12/h6H,1-5,7H2,(H,11,12). The molecule has 0 bridgehead atoms. The van der Waals surface area contributed by atoms with Gasteiger partial charge in [-0.15, -0.1) is 0 Å². The van der Waals surface area contributed by atoms with Crippen LogP contribution in [0.4, 0.5) is 0 Å². The molecule has 1 N–H and O–H groups in total. The Morgan fingerprint density at radius 2 is 1.92 bits per heavy atom. The average molecular weight is 170 g/mol. The summed E-state index contributed by atoms with van der Waals surface area (Å²) in [5, 5.41) is 8.30. The Morgan fingerprint density at radius 1 is 1.25 bits per heavy atom. The van der Waals surface area contributed by atoms with Crippen LogP contribution >= 0.6 is 0 Å². The number of unbranched alkanes of at least 4 members (excludes halogenated alkanes) is 4. The van der Waals surface area contributed by atoms with Gasteiger partial charge in [-0.3, -0.25) is 4.79 Å². The highest BCUT2D eigenvalue weighted by Crippen LogP contribution is 2.04. The SMILES string of the molecule is O=C=CCCCCCCC(=O)O. The Morgan fingerprint density at radius 3 is 2.50 bits per heavy atom. The number of carbonyl (C=O) groups excluding carboxylic acids is 1. The summed E-state index contributed by atoms with van der Waals surface area (Å²) in [7, 11) is 0. The van der Waals surface area contributed by atoms with E-state index in [1.165, 1.54) is 6.08 Å². The Hall–Kier alpha value is -1.08. The van der Waals surface area contributed by atoms with Gasteiger partial charge in [-0.1, -0.05) is 12.8 Å². The normalized spacial score (nSPS) is 9.00. The van der Waals surface area contributed by atoms with E-state index >= 15 is 0 Å². The molecule has 0 aliphatic rings. The smallest absolute Gasteiger partial charge is 0.303 e. The molecule has 0 atom stereocenters.